The lowest BCUT2D eigenvalue weighted by molar-refractivity contribution is 0.0697. The molecule has 0 aliphatic carbocycles. The summed E-state index contributed by atoms with van der Waals surface area (Å²) < 4.78 is 0. The van der Waals surface area contributed by atoms with Crippen LogP contribution in [0, 0.1) is 0 Å². The molecule has 3 rings (SSSR count). The van der Waals surface area contributed by atoms with Gasteiger partial charge in [0.15, 0.2) is 0 Å². The number of aromatic carboxylic acids is 1. The first-order valence-corrected chi connectivity index (χ1v) is 10.3. The normalized spacial score (nSPS) is 10.9. The summed E-state index contributed by atoms with van der Waals surface area (Å²) in [5.74, 6) is -0.885. The summed E-state index contributed by atoms with van der Waals surface area (Å²) in [4.78, 5) is 14.0. The Hall–Kier alpha value is -2.81. The molecule has 0 aromatic heterocycles. The Morgan fingerprint density at radius 2 is 1.43 bits per heavy atom. The molecule has 0 aliphatic heterocycles. The van der Waals surface area contributed by atoms with E-state index in [2.05, 4.69) is 42.2 Å². The average Bonchev–Trinajstić information content (AvgIpc) is 2.73. The van der Waals surface area contributed by atoms with Crippen LogP contribution in [0.5, 0.6) is 0 Å². The molecule has 0 amide bonds. The summed E-state index contributed by atoms with van der Waals surface area (Å²) in [5, 5.41) is 12.0. The lowest BCUT2D eigenvalue weighted by Crippen LogP contribution is -2.21. The topological polar surface area (TPSA) is 40.5 Å². The quantitative estimate of drug-likeness (QED) is 0.386. The molecule has 146 valence electrons. The van der Waals surface area contributed by atoms with E-state index in [4.69, 9.17) is 0 Å². The van der Waals surface area contributed by atoms with E-state index in [1.807, 2.05) is 24.3 Å². The lowest BCUT2D eigenvalue weighted by Gasteiger charge is -2.28. The molecule has 0 heterocycles. The molecule has 3 aromatic carbocycles. The summed E-state index contributed by atoms with van der Waals surface area (Å²) in [5.41, 5.74) is 2.18. The number of rotatable bonds is 10. The van der Waals surface area contributed by atoms with Gasteiger partial charge < -0.3 is 10.0 Å². The average molecular weight is 376 g/mol. The van der Waals surface area contributed by atoms with Crippen molar-refractivity contribution in [2.75, 3.05) is 11.4 Å². The predicted molar refractivity (Wildman–Crippen MR) is 118 cm³/mol. The summed E-state index contributed by atoms with van der Waals surface area (Å²) in [6.07, 6.45) is 7.24. The molecule has 0 radical (unpaired) electrons. The third-order valence-corrected chi connectivity index (χ3v) is 5.22. The molecule has 0 unspecified atom stereocenters. The van der Waals surface area contributed by atoms with Gasteiger partial charge in [0, 0.05) is 17.6 Å². The van der Waals surface area contributed by atoms with Gasteiger partial charge in [0.1, 0.15) is 0 Å². The Morgan fingerprint density at radius 3 is 2.25 bits per heavy atom. The van der Waals surface area contributed by atoms with Crippen molar-refractivity contribution in [3.05, 3.63) is 72.3 Å². The standard InChI is InChI=1S/C25H29NO2/c1-2-3-4-5-6-11-19-26(24-17-10-9-16-22(24)25(27)28)23-18-12-14-20-13-7-8-15-21(20)23/h7-10,12-18H,2-6,11,19H2,1H3,(H,27,28). The zero-order valence-corrected chi connectivity index (χ0v) is 16.6. The number of fused-ring (bicyclic) bond motifs is 1. The number of carboxylic acids is 1. The third-order valence-electron chi connectivity index (χ3n) is 5.22. The van der Waals surface area contributed by atoms with Crippen LogP contribution in [-0.2, 0) is 0 Å². The fourth-order valence-electron chi connectivity index (χ4n) is 3.75. The van der Waals surface area contributed by atoms with Gasteiger partial charge >= 0.3 is 5.97 Å². The van der Waals surface area contributed by atoms with E-state index in [0.29, 0.717) is 5.56 Å². The molecule has 0 spiro atoms. The number of unbranched alkanes of at least 4 members (excludes halogenated alkanes) is 5. The monoisotopic (exact) mass is 375 g/mol. The number of anilines is 2. The van der Waals surface area contributed by atoms with Crippen LogP contribution < -0.4 is 4.90 Å². The first-order valence-electron chi connectivity index (χ1n) is 10.3. The van der Waals surface area contributed by atoms with Crippen molar-refractivity contribution in [1.82, 2.24) is 0 Å². The van der Waals surface area contributed by atoms with Crippen LogP contribution in [-0.4, -0.2) is 17.6 Å². The molecule has 3 aromatic rings. The summed E-state index contributed by atoms with van der Waals surface area (Å²) in [7, 11) is 0. The molecule has 3 nitrogen and oxygen atoms in total. The van der Waals surface area contributed by atoms with Crippen molar-refractivity contribution >= 4 is 28.1 Å². The Bertz CT molecular complexity index is 914. The van der Waals surface area contributed by atoms with Crippen LogP contribution in [0.1, 0.15) is 55.8 Å². The number of carboxylic acid groups (broad SMARTS) is 1. The first kappa shape index (κ1) is 19.9. The van der Waals surface area contributed by atoms with E-state index >= 15 is 0 Å². The molecule has 0 aliphatic rings. The number of nitrogens with zero attached hydrogens (tertiary/aromatic N) is 1. The molecule has 28 heavy (non-hydrogen) atoms. The third kappa shape index (κ3) is 4.72. The Balaban J connectivity index is 1.94. The predicted octanol–water partition coefficient (Wildman–Crippen LogP) is 7.04. The highest BCUT2D eigenvalue weighted by Crippen LogP contribution is 2.34. The van der Waals surface area contributed by atoms with Gasteiger partial charge in [-0.3, -0.25) is 0 Å². The van der Waals surface area contributed by atoms with Gasteiger partial charge in [-0.15, -0.1) is 0 Å². The van der Waals surface area contributed by atoms with Crippen molar-refractivity contribution in [1.29, 1.82) is 0 Å². The number of hydrogen-bond acceptors (Lipinski definition) is 2. The summed E-state index contributed by atoms with van der Waals surface area (Å²) >= 11 is 0. The van der Waals surface area contributed by atoms with Gasteiger partial charge in [-0.1, -0.05) is 87.6 Å². The molecule has 3 heteroatoms. The highest BCUT2D eigenvalue weighted by molar-refractivity contribution is 6.00. The maximum atomic E-state index is 11.8. The molecular weight excluding hydrogens is 346 g/mol. The van der Waals surface area contributed by atoms with E-state index in [0.717, 1.165) is 36.1 Å². The van der Waals surface area contributed by atoms with E-state index in [-0.39, 0.29) is 0 Å². The van der Waals surface area contributed by atoms with Crippen molar-refractivity contribution in [3.8, 4) is 0 Å². The molecular formula is C25H29NO2. The molecule has 0 fully saturated rings. The zero-order chi connectivity index (χ0) is 19.8. The van der Waals surface area contributed by atoms with Crippen LogP contribution in [0.25, 0.3) is 10.8 Å². The van der Waals surface area contributed by atoms with E-state index in [9.17, 15) is 9.90 Å². The van der Waals surface area contributed by atoms with Gasteiger partial charge in [0.05, 0.1) is 11.3 Å². The summed E-state index contributed by atoms with van der Waals surface area (Å²) in [6, 6.07) is 21.9. The maximum Gasteiger partial charge on any atom is 0.337 e. The number of para-hydroxylation sites is 1. The smallest absolute Gasteiger partial charge is 0.337 e. The second-order valence-electron chi connectivity index (χ2n) is 7.24. The zero-order valence-electron chi connectivity index (χ0n) is 16.6. The van der Waals surface area contributed by atoms with Crippen molar-refractivity contribution in [3.63, 3.8) is 0 Å². The highest BCUT2D eigenvalue weighted by atomic mass is 16.4. The lowest BCUT2D eigenvalue weighted by atomic mass is 10.0. The Labute approximate surface area is 167 Å². The number of hydrogen-bond donors (Lipinski definition) is 1. The molecule has 0 saturated heterocycles. The van der Waals surface area contributed by atoms with Crippen LogP contribution in [0.15, 0.2) is 66.7 Å². The van der Waals surface area contributed by atoms with Crippen molar-refractivity contribution in [2.24, 2.45) is 0 Å². The van der Waals surface area contributed by atoms with Gasteiger partial charge in [0.25, 0.3) is 0 Å². The fourth-order valence-corrected chi connectivity index (χ4v) is 3.75. The van der Waals surface area contributed by atoms with Crippen LogP contribution >= 0.6 is 0 Å². The second kappa shape index (κ2) is 9.93. The largest absolute Gasteiger partial charge is 0.478 e. The Morgan fingerprint density at radius 1 is 0.786 bits per heavy atom. The van der Waals surface area contributed by atoms with Gasteiger partial charge in [0.2, 0.25) is 0 Å². The van der Waals surface area contributed by atoms with E-state index < -0.39 is 5.97 Å². The van der Waals surface area contributed by atoms with Crippen LogP contribution in [0.2, 0.25) is 0 Å². The van der Waals surface area contributed by atoms with Crippen molar-refractivity contribution in [2.45, 2.75) is 45.4 Å². The van der Waals surface area contributed by atoms with Crippen LogP contribution in [0.4, 0.5) is 11.4 Å². The number of carbonyl (C=O) groups is 1. The van der Waals surface area contributed by atoms with E-state index in [1.165, 1.54) is 31.1 Å². The minimum atomic E-state index is -0.885. The van der Waals surface area contributed by atoms with Crippen molar-refractivity contribution < 1.29 is 9.90 Å². The van der Waals surface area contributed by atoms with Gasteiger partial charge in [-0.25, -0.2) is 4.79 Å². The number of benzene rings is 3. The second-order valence-corrected chi connectivity index (χ2v) is 7.24. The van der Waals surface area contributed by atoms with Gasteiger partial charge in [-0.2, -0.15) is 0 Å². The molecule has 0 saturated carbocycles. The van der Waals surface area contributed by atoms with E-state index in [1.54, 1.807) is 12.1 Å². The highest BCUT2D eigenvalue weighted by Gasteiger charge is 2.18. The molecule has 0 atom stereocenters. The van der Waals surface area contributed by atoms with Crippen LogP contribution in [0.3, 0.4) is 0 Å². The SMILES string of the molecule is CCCCCCCCN(c1ccccc1C(=O)O)c1cccc2ccccc12. The maximum absolute atomic E-state index is 11.8. The molecule has 1 N–H and O–H groups in total. The molecule has 0 bridgehead atoms. The fraction of sp³-hybridized carbons (Fsp3) is 0.320. The minimum Gasteiger partial charge on any atom is -0.478 e. The van der Waals surface area contributed by atoms with Gasteiger partial charge in [-0.05, 0) is 30.0 Å². The minimum absolute atomic E-state index is 0.349. The Kier molecular flexibility index (Phi) is 7.07. The first-order chi connectivity index (χ1) is 13.7. The summed E-state index contributed by atoms with van der Waals surface area (Å²) in [6.45, 7) is 3.04.